The predicted octanol–water partition coefficient (Wildman–Crippen LogP) is 3.60. The number of benzene rings is 1. The van der Waals surface area contributed by atoms with Gasteiger partial charge in [0.25, 0.3) is 5.91 Å². The molecule has 2 N–H and O–H groups in total. The Labute approximate surface area is 158 Å². The SMILES string of the molecule is CN(CC(=O)Nc1nc(-c2ccco2)cs1)C(=O)c1c[nH]c2ccccc12. The van der Waals surface area contributed by atoms with Gasteiger partial charge in [-0.25, -0.2) is 4.98 Å². The normalized spacial score (nSPS) is 10.9. The van der Waals surface area contributed by atoms with Crippen LogP contribution < -0.4 is 5.32 Å². The summed E-state index contributed by atoms with van der Waals surface area (Å²) in [5, 5.41) is 5.81. The van der Waals surface area contributed by atoms with Gasteiger partial charge in [-0.2, -0.15) is 0 Å². The number of nitrogens with one attached hydrogen (secondary N) is 2. The van der Waals surface area contributed by atoms with E-state index >= 15 is 0 Å². The van der Waals surface area contributed by atoms with E-state index in [-0.39, 0.29) is 18.4 Å². The number of fused-ring (bicyclic) bond motifs is 1. The summed E-state index contributed by atoms with van der Waals surface area (Å²) in [6.45, 7) is -0.0754. The summed E-state index contributed by atoms with van der Waals surface area (Å²) in [5.74, 6) is 0.0995. The van der Waals surface area contributed by atoms with Gasteiger partial charge in [0.15, 0.2) is 10.9 Å². The summed E-state index contributed by atoms with van der Waals surface area (Å²) < 4.78 is 5.29. The van der Waals surface area contributed by atoms with Gasteiger partial charge in [-0.15, -0.1) is 11.3 Å². The number of aromatic nitrogens is 2. The number of aromatic amines is 1. The molecule has 4 rings (SSSR count). The molecule has 8 heteroatoms. The first-order chi connectivity index (χ1) is 13.1. The first-order valence-corrected chi connectivity index (χ1v) is 9.10. The molecule has 3 heterocycles. The third-order valence-electron chi connectivity index (χ3n) is 4.07. The number of hydrogen-bond donors (Lipinski definition) is 2. The second-order valence-corrected chi connectivity index (χ2v) is 6.83. The summed E-state index contributed by atoms with van der Waals surface area (Å²) >= 11 is 1.30. The van der Waals surface area contributed by atoms with E-state index in [4.69, 9.17) is 4.42 Å². The molecule has 27 heavy (non-hydrogen) atoms. The van der Waals surface area contributed by atoms with Crippen LogP contribution in [0.4, 0.5) is 5.13 Å². The fourth-order valence-corrected chi connectivity index (χ4v) is 3.48. The van der Waals surface area contributed by atoms with Gasteiger partial charge in [0.05, 0.1) is 18.4 Å². The van der Waals surface area contributed by atoms with E-state index in [0.717, 1.165) is 10.9 Å². The number of H-pyrrole nitrogens is 1. The maximum atomic E-state index is 12.7. The Hall–Kier alpha value is -3.39. The molecule has 1 aromatic carbocycles. The van der Waals surface area contributed by atoms with Crippen LogP contribution in [0.2, 0.25) is 0 Å². The predicted molar refractivity (Wildman–Crippen MR) is 104 cm³/mol. The van der Waals surface area contributed by atoms with E-state index in [2.05, 4.69) is 15.3 Å². The smallest absolute Gasteiger partial charge is 0.256 e. The largest absolute Gasteiger partial charge is 0.463 e. The quantitative estimate of drug-likeness (QED) is 0.553. The second kappa shape index (κ2) is 7.08. The molecular weight excluding hydrogens is 364 g/mol. The Morgan fingerprint density at radius 2 is 2.11 bits per heavy atom. The summed E-state index contributed by atoms with van der Waals surface area (Å²) in [6, 6.07) is 11.1. The number of likely N-dealkylation sites (N-methyl/N-ethyl adjacent to an activating group) is 1. The zero-order valence-electron chi connectivity index (χ0n) is 14.4. The van der Waals surface area contributed by atoms with Crippen molar-refractivity contribution in [1.29, 1.82) is 0 Å². The Balaban J connectivity index is 1.41. The molecule has 0 radical (unpaired) electrons. The molecule has 0 bridgehead atoms. The number of carbonyl (C=O) groups is 2. The molecule has 0 aliphatic carbocycles. The van der Waals surface area contributed by atoms with E-state index < -0.39 is 0 Å². The first kappa shape index (κ1) is 17.0. The Morgan fingerprint density at radius 3 is 2.93 bits per heavy atom. The fourth-order valence-electron chi connectivity index (χ4n) is 2.77. The van der Waals surface area contributed by atoms with Crippen LogP contribution in [-0.4, -0.2) is 40.3 Å². The van der Waals surface area contributed by atoms with Crippen molar-refractivity contribution in [2.45, 2.75) is 0 Å². The number of furan rings is 1. The molecule has 3 aromatic heterocycles. The zero-order chi connectivity index (χ0) is 18.8. The number of carbonyl (C=O) groups excluding carboxylic acids is 2. The molecule has 0 saturated heterocycles. The van der Waals surface area contributed by atoms with Crippen LogP contribution in [0.1, 0.15) is 10.4 Å². The average Bonchev–Trinajstić information content (AvgIpc) is 3.40. The minimum absolute atomic E-state index is 0.0754. The average molecular weight is 380 g/mol. The second-order valence-electron chi connectivity index (χ2n) is 5.97. The van der Waals surface area contributed by atoms with Gasteiger partial charge in [0.1, 0.15) is 5.69 Å². The van der Waals surface area contributed by atoms with Gasteiger partial charge in [-0.3, -0.25) is 9.59 Å². The summed E-state index contributed by atoms with van der Waals surface area (Å²) in [6.07, 6.45) is 3.23. The number of anilines is 1. The Kier molecular flexibility index (Phi) is 4.47. The standard InChI is InChI=1S/C19H16N4O3S/c1-23(18(25)13-9-20-14-6-3-2-5-12(13)14)10-17(24)22-19-21-15(11-27-19)16-7-4-8-26-16/h2-9,11,20H,10H2,1H3,(H,21,22,24). The van der Waals surface area contributed by atoms with E-state index in [1.165, 1.54) is 16.2 Å². The number of rotatable bonds is 5. The molecule has 0 fully saturated rings. The minimum atomic E-state index is -0.314. The van der Waals surface area contributed by atoms with Crippen LogP contribution in [0.3, 0.4) is 0 Å². The lowest BCUT2D eigenvalue weighted by molar-refractivity contribution is -0.116. The van der Waals surface area contributed by atoms with Crippen molar-refractivity contribution >= 4 is 39.2 Å². The van der Waals surface area contributed by atoms with Crippen molar-refractivity contribution in [2.24, 2.45) is 0 Å². The molecule has 0 unspecified atom stereocenters. The monoisotopic (exact) mass is 380 g/mol. The lowest BCUT2D eigenvalue weighted by Gasteiger charge is -2.15. The van der Waals surface area contributed by atoms with Gasteiger partial charge in [-0.1, -0.05) is 18.2 Å². The maximum absolute atomic E-state index is 12.7. The molecule has 2 amide bonds. The number of amides is 2. The van der Waals surface area contributed by atoms with Crippen LogP contribution in [0.15, 0.2) is 58.7 Å². The highest BCUT2D eigenvalue weighted by Gasteiger charge is 2.19. The lowest BCUT2D eigenvalue weighted by atomic mass is 10.1. The van der Waals surface area contributed by atoms with Crippen LogP contribution >= 0.6 is 11.3 Å². The molecule has 0 spiro atoms. The molecule has 0 atom stereocenters. The Bertz CT molecular complexity index is 1100. The van der Waals surface area contributed by atoms with Crippen molar-refractivity contribution in [3.05, 3.63) is 59.8 Å². The molecular formula is C19H16N4O3S. The molecule has 0 aliphatic rings. The summed E-state index contributed by atoms with van der Waals surface area (Å²) in [7, 11) is 1.60. The van der Waals surface area contributed by atoms with Crippen molar-refractivity contribution in [1.82, 2.24) is 14.9 Å². The van der Waals surface area contributed by atoms with Gasteiger partial charge in [-0.05, 0) is 18.2 Å². The van der Waals surface area contributed by atoms with Crippen LogP contribution in [0.5, 0.6) is 0 Å². The highest BCUT2D eigenvalue weighted by atomic mass is 32.1. The lowest BCUT2D eigenvalue weighted by Crippen LogP contribution is -2.34. The van der Waals surface area contributed by atoms with Gasteiger partial charge >= 0.3 is 0 Å². The molecule has 0 saturated carbocycles. The van der Waals surface area contributed by atoms with Crippen molar-refractivity contribution in [3.8, 4) is 11.5 Å². The van der Waals surface area contributed by atoms with E-state index in [1.54, 1.807) is 37.0 Å². The van der Waals surface area contributed by atoms with Gasteiger partial charge < -0.3 is 19.6 Å². The summed E-state index contributed by atoms with van der Waals surface area (Å²) in [4.78, 5) is 33.7. The molecule has 7 nitrogen and oxygen atoms in total. The highest BCUT2D eigenvalue weighted by Crippen LogP contribution is 2.25. The topological polar surface area (TPSA) is 91.2 Å². The number of nitrogens with zero attached hydrogens (tertiary/aromatic N) is 2. The highest BCUT2D eigenvalue weighted by molar-refractivity contribution is 7.14. The van der Waals surface area contributed by atoms with Gasteiger partial charge in [0.2, 0.25) is 5.91 Å². The molecule has 0 aliphatic heterocycles. The van der Waals surface area contributed by atoms with E-state index in [9.17, 15) is 9.59 Å². The van der Waals surface area contributed by atoms with Crippen molar-refractivity contribution in [2.75, 3.05) is 18.9 Å². The van der Waals surface area contributed by atoms with Crippen molar-refractivity contribution < 1.29 is 14.0 Å². The maximum Gasteiger partial charge on any atom is 0.256 e. The third kappa shape index (κ3) is 3.47. The van der Waals surface area contributed by atoms with Crippen LogP contribution in [0.25, 0.3) is 22.4 Å². The Morgan fingerprint density at radius 1 is 1.26 bits per heavy atom. The van der Waals surface area contributed by atoms with Crippen LogP contribution in [-0.2, 0) is 4.79 Å². The zero-order valence-corrected chi connectivity index (χ0v) is 15.2. The van der Waals surface area contributed by atoms with E-state index in [0.29, 0.717) is 22.1 Å². The fraction of sp³-hybridized carbons (Fsp3) is 0.105. The minimum Gasteiger partial charge on any atom is -0.463 e. The summed E-state index contributed by atoms with van der Waals surface area (Å²) in [5.41, 5.74) is 2.07. The van der Waals surface area contributed by atoms with E-state index in [1.807, 2.05) is 24.3 Å². The number of para-hydroxylation sites is 1. The van der Waals surface area contributed by atoms with Crippen molar-refractivity contribution in [3.63, 3.8) is 0 Å². The number of thiazole rings is 1. The van der Waals surface area contributed by atoms with Gasteiger partial charge in [0, 0.05) is 29.5 Å². The van der Waals surface area contributed by atoms with Crippen LogP contribution in [0, 0.1) is 0 Å². The molecule has 4 aromatic rings. The third-order valence-corrected chi connectivity index (χ3v) is 4.83. The first-order valence-electron chi connectivity index (χ1n) is 8.22. The molecule has 136 valence electrons. The number of hydrogen-bond acceptors (Lipinski definition) is 5.